The molecule has 0 bridgehead atoms. The number of aliphatic imine (C=N–C) groups is 1. The number of hydrogen-bond acceptors (Lipinski definition) is 5. The molecule has 2 heterocycles. The molecular formula is C23H34N4O. The number of nitrogens with zero attached hydrogens (tertiary/aromatic N) is 2. The van der Waals surface area contributed by atoms with Crippen molar-refractivity contribution in [1.82, 2.24) is 5.32 Å². The first-order valence-electron chi connectivity index (χ1n) is 10.9. The summed E-state index contributed by atoms with van der Waals surface area (Å²) in [4.78, 5) is 7.23. The van der Waals surface area contributed by atoms with Crippen molar-refractivity contribution >= 4 is 17.5 Å². The fraction of sp³-hybridized carbons (Fsp3) is 0.609. The lowest BCUT2D eigenvalue weighted by Crippen LogP contribution is -2.34. The van der Waals surface area contributed by atoms with Gasteiger partial charge in [-0.15, -0.1) is 0 Å². The second-order valence-corrected chi connectivity index (χ2v) is 8.49. The highest BCUT2D eigenvalue weighted by Crippen LogP contribution is 2.42. The third kappa shape index (κ3) is 3.90. The SMILES string of the molecule is CC1CCc2c(ccc(C(C=NC3CCNCC3)=CN)c2OC2CCC2)N1C. The van der Waals surface area contributed by atoms with Crippen LogP contribution in [0.1, 0.15) is 56.6 Å². The molecule has 0 amide bonds. The van der Waals surface area contributed by atoms with Gasteiger partial charge in [0.25, 0.3) is 0 Å². The number of fused-ring (bicyclic) bond motifs is 1. The minimum absolute atomic E-state index is 0.343. The summed E-state index contributed by atoms with van der Waals surface area (Å²) in [6, 6.07) is 5.35. The quantitative estimate of drug-likeness (QED) is 0.765. The Balaban J connectivity index is 1.67. The molecule has 1 unspecified atom stereocenters. The number of piperidine rings is 1. The van der Waals surface area contributed by atoms with Crippen molar-refractivity contribution in [3.63, 3.8) is 0 Å². The lowest BCUT2D eigenvalue weighted by atomic mass is 9.91. The molecule has 1 saturated carbocycles. The minimum Gasteiger partial charge on any atom is -0.489 e. The standard InChI is InChI=1S/C23H34N4O/c1-16-6-7-21-22(27(16)2)9-8-20(23(21)28-19-4-3-5-19)17(14-24)15-26-18-10-12-25-13-11-18/h8-9,14-16,18-19,25H,3-7,10-13,24H2,1-2H3. The maximum Gasteiger partial charge on any atom is 0.132 e. The van der Waals surface area contributed by atoms with Crippen LogP contribution in [0.5, 0.6) is 5.75 Å². The maximum absolute atomic E-state index is 6.54. The Hall–Kier alpha value is -2.01. The van der Waals surface area contributed by atoms with Crippen LogP contribution in [-0.2, 0) is 6.42 Å². The molecule has 2 aliphatic heterocycles. The number of benzene rings is 1. The average Bonchev–Trinajstić information content (AvgIpc) is 2.69. The molecular weight excluding hydrogens is 348 g/mol. The van der Waals surface area contributed by atoms with E-state index in [9.17, 15) is 0 Å². The summed E-state index contributed by atoms with van der Waals surface area (Å²) in [7, 11) is 2.19. The van der Waals surface area contributed by atoms with E-state index in [1.807, 2.05) is 6.21 Å². The van der Waals surface area contributed by atoms with E-state index in [0.717, 1.165) is 68.5 Å². The number of ether oxygens (including phenoxy) is 1. The molecule has 0 aromatic heterocycles. The Labute approximate surface area is 169 Å². The van der Waals surface area contributed by atoms with Gasteiger partial charge in [-0.2, -0.15) is 0 Å². The molecule has 0 spiro atoms. The molecule has 28 heavy (non-hydrogen) atoms. The van der Waals surface area contributed by atoms with Gasteiger partial charge in [0, 0.05) is 47.9 Å². The molecule has 5 nitrogen and oxygen atoms in total. The first kappa shape index (κ1) is 19.3. The van der Waals surface area contributed by atoms with Gasteiger partial charge in [-0.05, 0) is 77.1 Å². The Bertz CT molecular complexity index is 747. The molecule has 1 aromatic rings. The fourth-order valence-electron chi connectivity index (χ4n) is 4.33. The van der Waals surface area contributed by atoms with E-state index in [-0.39, 0.29) is 0 Å². The van der Waals surface area contributed by atoms with Crippen molar-refractivity contribution in [2.45, 2.75) is 70.1 Å². The summed E-state index contributed by atoms with van der Waals surface area (Å²) >= 11 is 0. The Morgan fingerprint density at radius 2 is 2.00 bits per heavy atom. The van der Waals surface area contributed by atoms with Crippen LogP contribution < -0.4 is 20.7 Å². The molecule has 3 aliphatic rings. The van der Waals surface area contributed by atoms with Crippen molar-refractivity contribution < 1.29 is 4.74 Å². The fourth-order valence-corrected chi connectivity index (χ4v) is 4.33. The van der Waals surface area contributed by atoms with E-state index < -0.39 is 0 Å². The van der Waals surface area contributed by atoms with E-state index in [0.29, 0.717) is 18.2 Å². The highest BCUT2D eigenvalue weighted by atomic mass is 16.5. The van der Waals surface area contributed by atoms with E-state index in [1.54, 1.807) is 6.20 Å². The van der Waals surface area contributed by atoms with Gasteiger partial charge in [0.05, 0.1) is 12.1 Å². The van der Waals surface area contributed by atoms with Gasteiger partial charge in [0.2, 0.25) is 0 Å². The summed E-state index contributed by atoms with van der Waals surface area (Å²) < 4.78 is 6.54. The van der Waals surface area contributed by atoms with Crippen LogP contribution in [0.15, 0.2) is 23.3 Å². The van der Waals surface area contributed by atoms with Gasteiger partial charge in [-0.3, -0.25) is 4.99 Å². The lowest BCUT2D eigenvalue weighted by Gasteiger charge is -2.37. The molecule has 5 heteroatoms. The third-order valence-electron chi connectivity index (χ3n) is 6.65. The van der Waals surface area contributed by atoms with Gasteiger partial charge in [0.15, 0.2) is 0 Å². The summed E-state index contributed by atoms with van der Waals surface area (Å²) in [5.41, 5.74) is 10.7. The molecule has 2 fully saturated rings. The van der Waals surface area contributed by atoms with E-state index in [1.165, 1.54) is 17.7 Å². The Morgan fingerprint density at radius 3 is 2.68 bits per heavy atom. The number of anilines is 1. The number of rotatable bonds is 5. The van der Waals surface area contributed by atoms with E-state index in [2.05, 4.69) is 36.3 Å². The first-order valence-corrected chi connectivity index (χ1v) is 10.9. The molecule has 1 aliphatic carbocycles. The smallest absolute Gasteiger partial charge is 0.132 e. The van der Waals surface area contributed by atoms with E-state index >= 15 is 0 Å². The van der Waals surface area contributed by atoms with Gasteiger partial charge >= 0.3 is 0 Å². The highest BCUT2D eigenvalue weighted by molar-refractivity contribution is 6.11. The normalized spacial score (nSPS) is 24.3. The number of nitrogens with one attached hydrogen (secondary N) is 1. The van der Waals surface area contributed by atoms with Gasteiger partial charge in [0.1, 0.15) is 5.75 Å². The van der Waals surface area contributed by atoms with Crippen LogP contribution in [0, 0.1) is 0 Å². The van der Waals surface area contributed by atoms with Crippen molar-refractivity contribution in [3.8, 4) is 5.75 Å². The predicted octanol–water partition coefficient (Wildman–Crippen LogP) is 3.51. The van der Waals surface area contributed by atoms with Gasteiger partial charge < -0.3 is 20.7 Å². The Morgan fingerprint density at radius 1 is 1.21 bits per heavy atom. The first-order chi connectivity index (χ1) is 13.7. The lowest BCUT2D eigenvalue weighted by molar-refractivity contribution is 0.118. The van der Waals surface area contributed by atoms with Crippen molar-refractivity contribution in [1.29, 1.82) is 0 Å². The van der Waals surface area contributed by atoms with Crippen LogP contribution in [0.4, 0.5) is 5.69 Å². The zero-order valence-corrected chi connectivity index (χ0v) is 17.3. The van der Waals surface area contributed by atoms with Crippen molar-refractivity contribution in [2.75, 3.05) is 25.0 Å². The third-order valence-corrected chi connectivity index (χ3v) is 6.65. The summed E-state index contributed by atoms with van der Waals surface area (Å²) in [6.45, 7) is 4.38. The average molecular weight is 383 g/mol. The number of allylic oxidation sites excluding steroid dienone is 1. The monoisotopic (exact) mass is 382 g/mol. The molecule has 1 aromatic carbocycles. The van der Waals surface area contributed by atoms with Crippen LogP contribution in [0.25, 0.3) is 5.57 Å². The minimum atomic E-state index is 0.343. The number of hydrogen-bond donors (Lipinski definition) is 2. The summed E-state index contributed by atoms with van der Waals surface area (Å²) in [5.74, 6) is 1.04. The van der Waals surface area contributed by atoms with Crippen molar-refractivity contribution in [3.05, 3.63) is 29.5 Å². The second kappa shape index (κ2) is 8.56. The molecule has 4 rings (SSSR count). The maximum atomic E-state index is 6.54. The van der Waals surface area contributed by atoms with Crippen LogP contribution in [0.2, 0.25) is 0 Å². The van der Waals surface area contributed by atoms with Crippen LogP contribution in [-0.4, -0.2) is 44.5 Å². The molecule has 0 radical (unpaired) electrons. The van der Waals surface area contributed by atoms with Gasteiger partial charge in [-0.1, -0.05) is 0 Å². The molecule has 3 N–H and O–H groups in total. The molecule has 1 atom stereocenters. The molecule has 1 saturated heterocycles. The number of nitrogens with two attached hydrogens (primary N) is 1. The molecule has 152 valence electrons. The summed E-state index contributed by atoms with van der Waals surface area (Å²) in [6.07, 6.45) is 12.0. The second-order valence-electron chi connectivity index (χ2n) is 8.49. The zero-order valence-electron chi connectivity index (χ0n) is 17.3. The van der Waals surface area contributed by atoms with Crippen LogP contribution in [0.3, 0.4) is 0 Å². The van der Waals surface area contributed by atoms with Crippen molar-refractivity contribution in [2.24, 2.45) is 10.7 Å². The van der Waals surface area contributed by atoms with E-state index in [4.69, 9.17) is 15.5 Å². The largest absolute Gasteiger partial charge is 0.489 e. The zero-order chi connectivity index (χ0) is 19.5. The predicted molar refractivity (Wildman–Crippen MR) is 117 cm³/mol. The van der Waals surface area contributed by atoms with Gasteiger partial charge in [-0.25, -0.2) is 0 Å². The topological polar surface area (TPSA) is 62.9 Å². The van der Waals surface area contributed by atoms with Crippen LogP contribution >= 0.6 is 0 Å². The summed E-state index contributed by atoms with van der Waals surface area (Å²) in [5, 5.41) is 3.40. The highest BCUT2D eigenvalue weighted by Gasteiger charge is 2.28. The Kier molecular flexibility index (Phi) is 5.90.